The molecule has 1 saturated heterocycles. The van der Waals surface area contributed by atoms with Gasteiger partial charge >= 0.3 is 6.09 Å². The van der Waals surface area contributed by atoms with Gasteiger partial charge in [0, 0.05) is 0 Å². The highest BCUT2D eigenvalue weighted by molar-refractivity contribution is 5.68. The van der Waals surface area contributed by atoms with Gasteiger partial charge in [-0.15, -0.1) is 0 Å². The summed E-state index contributed by atoms with van der Waals surface area (Å²) in [4.78, 5) is 12.6. The Morgan fingerprint density at radius 3 is 2.43 bits per heavy atom. The van der Waals surface area contributed by atoms with Crippen LogP contribution in [0.1, 0.15) is 20.8 Å². The van der Waals surface area contributed by atoms with Crippen molar-refractivity contribution in [2.75, 3.05) is 13.1 Å². The van der Waals surface area contributed by atoms with Gasteiger partial charge in [0.25, 0.3) is 0 Å². The summed E-state index contributed by atoms with van der Waals surface area (Å²) in [5.41, 5.74) is -0.587. The highest BCUT2D eigenvalue weighted by Gasteiger charge is 2.35. The summed E-state index contributed by atoms with van der Waals surface area (Å²) < 4.78 is 17.9. The molecule has 0 bridgehead atoms. The summed E-state index contributed by atoms with van der Waals surface area (Å²) in [5, 5.41) is 9.09. The summed E-state index contributed by atoms with van der Waals surface area (Å²) in [6.45, 7) is 5.14. The minimum atomic E-state index is -1.36. The van der Waals surface area contributed by atoms with Gasteiger partial charge in [0.05, 0.1) is 13.1 Å². The Hall–Kier alpha value is -0.840. The minimum Gasteiger partial charge on any atom is -0.444 e. The molecule has 0 spiro atoms. The van der Waals surface area contributed by atoms with Crippen molar-refractivity contribution in [1.82, 2.24) is 4.90 Å². The molecule has 0 saturated carbocycles. The number of ether oxygens (including phenoxy) is 1. The van der Waals surface area contributed by atoms with E-state index in [0.29, 0.717) is 0 Å². The number of β-amino-alcohol motifs (C(OH)–C–C–N with tert-alkyl or cyclic N) is 1. The first-order valence-electron chi connectivity index (χ1n) is 4.59. The van der Waals surface area contributed by atoms with Crippen LogP contribution < -0.4 is 0 Å². The third kappa shape index (κ3) is 2.83. The number of carbonyl (C=O) groups excluding carboxylic acids is 1. The molecule has 1 unspecified atom stereocenters. The first-order chi connectivity index (χ1) is 6.29. The van der Waals surface area contributed by atoms with E-state index in [-0.39, 0.29) is 13.1 Å². The first-order valence-corrected chi connectivity index (χ1v) is 4.59. The van der Waals surface area contributed by atoms with Crippen LogP contribution in [0.4, 0.5) is 9.18 Å². The van der Waals surface area contributed by atoms with Crippen molar-refractivity contribution in [1.29, 1.82) is 0 Å². The zero-order valence-electron chi connectivity index (χ0n) is 8.66. The number of alkyl halides is 1. The van der Waals surface area contributed by atoms with Gasteiger partial charge in [-0.25, -0.2) is 9.18 Å². The standard InChI is InChI=1S/C9H16FNO3/c1-9(2,3)14-8(13)11-4-6(10)7(12)5-11/h6-7,12H,4-5H2,1-3H3/t6-,7?/m0/s1. The van der Waals surface area contributed by atoms with Crippen molar-refractivity contribution in [3.05, 3.63) is 0 Å². The molecule has 5 heteroatoms. The maximum Gasteiger partial charge on any atom is 0.410 e. The molecule has 1 aliphatic heterocycles. The van der Waals surface area contributed by atoms with Crippen LogP contribution in [-0.2, 0) is 4.74 Å². The number of likely N-dealkylation sites (tertiary alicyclic amines) is 1. The number of halogens is 1. The van der Waals surface area contributed by atoms with Crippen molar-refractivity contribution in [3.8, 4) is 0 Å². The summed E-state index contributed by atoms with van der Waals surface area (Å²) in [7, 11) is 0. The van der Waals surface area contributed by atoms with Crippen LogP contribution in [0.3, 0.4) is 0 Å². The van der Waals surface area contributed by atoms with Gasteiger partial charge in [0.2, 0.25) is 0 Å². The molecule has 14 heavy (non-hydrogen) atoms. The Morgan fingerprint density at radius 1 is 1.50 bits per heavy atom. The predicted octanol–water partition coefficient (Wildman–Crippen LogP) is 0.936. The summed E-state index contributed by atoms with van der Waals surface area (Å²) >= 11 is 0. The van der Waals surface area contributed by atoms with Crippen LogP contribution in [0.2, 0.25) is 0 Å². The average Bonchev–Trinajstić information content (AvgIpc) is 2.28. The lowest BCUT2D eigenvalue weighted by Crippen LogP contribution is -2.35. The molecule has 1 aliphatic rings. The maximum atomic E-state index is 12.9. The molecule has 0 radical (unpaired) electrons. The second-order valence-electron chi connectivity index (χ2n) is 4.47. The quantitative estimate of drug-likeness (QED) is 0.640. The molecule has 0 aromatic carbocycles. The summed E-state index contributed by atoms with van der Waals surface area (Å²) in [5.74, 6) is 0. The Bertz CT molecular complexity index is 217. The van der Waals surface area contributed by atoms with Gasteiger partial charge < -0.3 is 14.7 Å². The topological polar surface area (TPSA) is 49.8 Å². The fraction of sp³-hybridized carbons (Fsp3) is 0.889. The SMILES string of the molecule is CC(C)(C)OC(=O)N1CC(O)[C@@H](F)C1. The highest BCUT2D eigenvalue weighted by atomic mass is 19.1. The van der Waals surface area contributed by atoms with Gasteiger partial charge in [-0.05, 0) is 20.8 Å². The zero-order valence-corrected chi connectivity index (χ0v) is 8.66. The molecule has 1 fully saturated rings. The van der Waals surface area contributed by atoms with Crippen LogP contribution in [0, 0.1) is 0 Å². The van der Waals surface area contributed by atoms with Gasteiger partial charge in [-0.3, -0.25) is 0 Å². The number of aliphatic hydroxyl groups is 1. The largest absolute Gasteiger partial charge is 0.444 e. The molecule has 82 valence electrons. The lowest BCUT2D eigenvalue weighted by atomic mass is 10.2. The number of hydrogen-bond acceptors (Lipinski definition) is 3. The van der Waals surface area contributed by atoms with Gasteiger partial charge in [-0.1, -0.05) is 0 Å². The highest BCUT2D eigenvalue weighted by Crippen LogP contribution is 2.17. The third-order valence-corrected chi connectivity index (χ3v) is 1.87. The Kier molecular flexibility index (Phi) is 2.99. The van der Waals surface area contributed by atoms with Crippen molar-refractivity contribution >= 4 is 6.09 Å². The van der Waals surface area contributed by atoms with Crippen molar-refractivity contribution in [2.45, 2.75) is 38.6 Å². The Morgan fingerprint density at radius 2 is 2.07 bits per heavy atom. The number of amides is 1. The van der Waals surface area contributed by atoms with Crippen molar-refractivity contribution < 1.29 is 19.0 Å². The number of rotatable bonds is 0. The van der Waals surface area contributed by atoms with Crippen molar-refractivity contribution in [3.63, 3.8) is 0 Å². The predicted molar refractivity (Wildman–Crippen MR) is 48.7 cm³/mol. The molecule has 0 aromatic rings. The molecular weight excluding hydrogens is 189 g/mol. The van der Waals surface area contributed by atoms with E-state index in [0.717, 1.165) is 0 Å². The summed E-state index contributed by atoms with van der Waals surface area (Å²) in [6.07, 6.45) is -3.01. The van der Waals surface area contributed by atoms with Crippen LogP contribution in [0.5, 0.6) is 0 Å². The molecule has 1 rings (SSSR count). The third-order valence-electron chi connectivity index (χ3n) is 1.87. The lowest BCUT2D eigenvalue weighted by Gasteiger charge is -2.23. The molecular formula is C9H16FNO3. The van der Waals surface area contributed by atoms with Crippen LogP contribution >= 0.6 is 0 Å². The van der Waals surface area contributed by atoms with E-state index < -0.39 is 24.0 Å². The minimum absolute atomic E-state index is 0.0100. The van der Waals surface area contributed by atoms with E-state index >= 15 is 0 Å². The molecule has 0 aliphatic carbocycles. The lowest BCUT2D eigenvalue weighted by molar-refractivity contribution is 0.0269. The van der Waals surface area contributed by atoms with Crippen LogP contribution in [-0.4, -0.2) is 47.1 Å². The fourth-order valence-electron chi connectivity index (χ4n) is 1.22. The second kappa shape index (κ2) is 3.73. The van der Waals surface area contributed by atoms with E-state index in [2.05, 4.69) is 0 Å². The van der Waals surface area contributed by atoms with Gasteiger partial charge in [-0.2, -0.15) is 0 Å². The van der Waals surface area contributed by atoms with E-state index in [1.807, 2.05) is 0 Å². The molecule has 1 N–H and O–H groups in total. The van der Waals surface area contributed by atoms with E-state index in [4.69, 9.17) is 9.84 Å². The number of carbonyl (C=O) groups is 1. The smallest absolute Gasteiger partial charge is 0.410 e. The Balaban J connectivity index is 2.48. The van der Waals surface area contributed by atoms with E-state index in [9.17, 15) is 9.18 Å². The monoisotopic (exact) mass is 205 g/mol. The zero-order chi connectivity index (χ0) is 10.9. The molecule has 1 amide bonds. The second-order valence-corrected chi connectivity index (χ2v) is 4.47. The van der Waals surface area contributed by atoms with Gasteiger partial charge in [0.1, 0.15) is 17.9 Å². The number of aliphatic hydroxyl groups excluding tert-OH is 1. The van der Waals surface area contributed by atoms with Crippen molar-refractivity contribution in [2.24, 2.45) is 0 Å². The first kappa shape index (κ1) is 11.2. The number of hydrogen-bond donors (Lipinski definition) is 1. The average molecular weight is 205 g/mol. The summed E-state index contributed by atoms with van der Waals surface area (Å²) in [6, 6.07) is 0. The molecule has 2 atom stereocenters. The fourth-order valence-corrected chi connectivity index (χ4v) is 1.22. The van der Waals surface area contributed by atoms with E-state index in [1.165, 1.54) is 4.90 Å². The van der Waals surface area contributed by atoms with Crippen LogP contribution in [0.25, 0.3) is 0 Å². The molecule has 0 aromatic heterocycles. The normalized spacial score (nSPS) is 27.9. The number of nitrogens with zero attached hydrogens (tertiary/aromatic N) is 1. The Labute approximate surface area is 82.6 Å². The molecule has 4 nitrogen and oxygen atoms in total. The van der Waals surface area contributed by atoms with Crippen LogP contribution in [0.15, 0.2) is 0 Å². The van der Waals surface area contributed by atoms with E-state index in [1.54, 1.807) is 20.8 Å². The molecule has 1 heterocycles. The maximum absolute atomic E-state index is 12.9. The van der Waals surface area contributed by atoms with Gasteiger partial charge in [0.15, 0.2) is 0 Å².